The maximum Gasteiger partial charge on any atom is 0.408 e. The van der Waals surface area contributed by atoms with Crippen molar-refractivity contribution in [2.24, 2.45) is 0 Å². The highest BCUT2D eigenvalue weighted by Gasteiger charge is 2.29. The van der Waals surface area contributed by atoms with E-state index in [1.807, 2.05) is 6.07 Å². The summed E-state index contributed by atoms with van der Waals surface area (Å²) < 4.78 is 10.2. The molecule has 0 aliphatic heterocycles. The zero-order chi connectivity index (χ0) is 22.7. The minimum atomic E-state index is -1.37. The Bertz CT molecular complexity index is 732. The van der Waals surface area contributed by atoms with Crippen molar-refractivity contribution in [2.45, 2.75) is 51.5 Å². The second kappa shape index (κ2) is 11.8. The molecular formula is C20H29N3O7. The fraction of sp³-hybridized carbons (Fsp3) is 0.500. The highest BCUT2D eigenvalue weighted by Crippen LogP contribution is 2.07. The number of benzene rings is 1. The SMILES string of the molecule is CNC(=O)[C@H](CC(=O)OCc1ccccc1)NC(=O)[C@H](CO)NC(=O)OC(C)(C)C. The predicted molar refractivity (Wildman–Crippen MR) is 107 cm³/mol. The third kappa shape index (κ3) is 9.37. The molecule has 0 aliphatic carbocycles. The molecule has 1 aromatic carbocycles. The Labute approximate surface area is 175 Å². The lowest BCUT2D eigenvalue weighted by Crippen LogP contribution is -2.55. The molecule has 0 bridgehead atoms. The first-order chi connectivity index (χ1) is 14.1. The molecule has 2 atom stereocenters. The molecule has 0 aromatic heterocycles. The number of hydrogen-bond donors (Lipinski definition) is 4. The summed E-state index contributed by atoms with van der Waals surface area (Å²) in [6.45, 7) is 4.22. The molecule has 0 fully saturated rings. The smallest absolute Gasteiger partial charge is 0.408 e. The summed E-state index contributed by atoms with van der Waals surface area (Å²) in [4.78, 5) is 48.4. The number of carbonyl (C=O) groups is 4. The Morgan fingerprint density at radius 3 is 2.17 bits per heavy atom. The molecule has 0 aliphatic rings. The van der Waals surface area contributed by atoms with Gasteiger partial charge in [0.1, 0.15) is 24.3 Å². The number of alkyl carbamates (subject to hydrolysis) is 1. The normalized spacial score (nSPS) is 12.8. The number of amides is 3. The Kier molecular flexibility index (Phi) is 9.76. The molecule has 30 heavy (non-hydrogen) atoms. The van der Waals surface area contributed by atoms with Gasteiger partial charge in [0.15, 0.2) is 0 Å². The molecule has 10 heteroatoms. The van der Waals surface area contributed by atoms with Crippen molar-refractivity contribution in [3.63, 3.8) is 0 Å². The van der Waals surface area contributed by atoms with Crippen LogP contribution in [0.5, 0.6) is 0 Å². The Morgan fingerprint density at radius 2 is 1.63 bits per heavy atom. The summed E-state index contributed by atoms with van der Waals surface area (Å²) in [5.41, 5.74) is -0.0263. The monoisotopic (exact) mass is 423 g/mol. The Morgan fingerprint density at radius 1 is 1.00 bits per heavy atom. The highest BCUT2D eigenvalue weighted by atomic mass is 16.6. The molecule has 4 N–H and O–H groups in total. The van der Waals surface area contributed by atoms with E-state index in [0.29, 0.717) is 0 Å². The number of likely N-dealkylation sites (N-methyl/N-ethyl adjacent to an activating group) is 1. The van der Waals surface area contributed by atoms with Crippen LogP contribution >= 0.6 is 0 Å². The summed E-state index contributed by atoms with van der Waals surface area (Å²) in [6, 6.07) is 6.35. The molecule has 0 saturated heterocycles. The standard InChI is InChI=1S/C20H29N3O7/c1-20(2,3)30-19(28)23-15(11-24)18(27)22-14(17(26)21-4)10-16(25)29-12-13-8-6-5-7-9-13/h5-9,14-15,24H,10-12H2,1-4H3,(H,21,26)(H,22,27)(H,23,28)/t14-,15-/m0/s1. The van der Waals surface area contributed by atoms with E-state index < -0.39 is 54.6 Å². The quantitative estimate of drug-likeness (QED) is 0.417. The van der Waals surface area contributed by atoms with E-state index in [0.717, 1.165) is 5.56 Å². The molecule has 0 spiro atoms. The average Bonchev–Trinajstić information content (AvgIpc) is 2.68. The van der Waals surface area contributed by atoms with E-state index in [1.165, 1.54) is 7.05 Å². The van der Waals surface area contributed by atoms with Crippen LogP contribution in [0.2, 0.25) is 0 Å². The minimum Gasteiger partial charge on any atom is -0.461 e. The third-order valence-electron chi connectivity index (χ3n) is 3.68. The van der Waals surface area contributed by atoms with Crippen molar-refractivity contribution in [3.05, 3.63) is 35.9 Å². The predicted octanol–water partition coefficient (Wildman–Crippen LogP) is 0.236. The van der Waals surface area contributed by atoms with Crippen molar-refractivity contribution in [1.29, 1.82) is 0 Å². The number of ether oxygens (including phenoxy) is 2. The third-order valence-corrected chi connectivity index (χ3v) is 3.68. The summed E-state index contributed by atoms with van der Waals surface area (Å²) in [7, 11) is 1.35. The number of hydrogen-bond acceptors (Lipinski definition) is 7. The van der Waals surface area contributed by atoms with Crippen molar-refractivity contribution < 1.29 is 33.8 Å². The number of nitrogens with one attached hydrogen (secondary N) is 3. The summed E-state index contributed by atoms with van der Waals surface area (Å²) in [5.74, 6) is -2.19. The molecule has 0 heterocycles. The van der Waals surface area contributed by atoms with Gasteiger partial charge in [0, 0.05) is 7.05 Å². The molecule has 1 aromatic rings. The first kappa shape index (κ1) is 24.9. The topological polar surface area (TPSA) is 143 Å². The zero-order valence-electron chi connectivity index (χ0n) is 17.6. The molecule has 0 saturated carbocycles. The van der Waals surface area contributed by atoms with Crippen molar-refractivity contribution >= 4 is 23.9 Å². The zero-order valence-corrected chi connectivity index (χ0v) is 17.6. The van der Waals surface area contributed by atoms with Crippen LogP contribution in [0.25, 0.3) is 0 Å². The minimum absolute atomic E-state index is 0.0214. The molecule has 0 unspecified atom stereocenters. The maximum atomic E-state index is 12.4. The lowest BCUT2D eigenvalue weighted by molar-refractivity contribution is -0.147. The van der Waals surface area contributed by atoms with Gasteiger partial charge in [-0.25, -0.2) is 4.79 Å². The van der Waals surface area contributed by atoms with E-state index in [9.17, 15) is 24.3 Å². The van der Waals surface area contributed by atoms with E-state index in [4.69, 9.17) is 9.47 Å². The fourth-order valence-electron chi connectivity index (χ4n) is 2.26. The van der Waals surface area contributed by atoms with Crippen LogP contribution in [0.3, 0.4) is 0 Å². The molecule has 166 valence electrons. The van der Waals surface area contributed by atoms with Gasteiger partial charge in [-0.15, -0.1) is 0 Å². The number of aliphatic hydroxyl groups is 1. The average molecular weight is 423 g/mol. The molecular weight excluding hydrogens is 394 g/mol. The van der Waals surface area contributed by atoms with Crippen LogP contribution in [-0.4, -0.2) is 60.3 Å². The van der Waals surface area contributed by atoms with Gasteiger partial charge in [-0.3, -0.25) is 14.4 Å². The van der Waals surface area contributed by atoms with Crippen LogP contribution in [-0.2, 0) is 30.5 Å². The maximum absolute atomic E-state index is 12.4. The van der Waals surface area contributed by atoms with Gasteiger partial charge in [0.2, 0.25) is 11.8 Å². The van der Waals surface area contributed by atoms with Crippen LogP contribution in [0.1, 0.15) is 32.8 Å². The Hall–Kier alpha value is -3.14. The van der Waals surface area contributed by atoms with Gasteiger partial charge < -0.3 is 30.5 Å². The van der Waals surface area contributed by atoms with Gasteiger partial charge >= 0.3 is 12.1 Å². The second-order valence-corrected chi connectivity index (χ2v) is 7.41. The summed E-state index contributed by atoms with van der Waals surface area (Å²) in [6.07, 6.45) is -1.33. The fourth-order valence-corrected chi connectivity index (χ4v) is 2.26. The first-order valence-electron chi connectivity index (χ1n) is 9.37. The Balaban J connectivity index is 2.68. The molecule has 1 rings (SSSR count). The van der Waals surface area contributed by atoms with Gasteiger partial charge in [0.25, 0.3) is 0 Å². The van der Waals surface area contributed by atoms with Gasteiger partial charge in [0.05, 0.1) is 13.0 Å². The molecule has 10 nitrogen and oxygen atoms in total. The summed E-state index contributed by atoms with van der Waals surface area (Å²) >= 11 is 0. The van der Waals surface area contributed by atoms with E-state index in [-0.39, 0.29) is 6.61 Å². The largest absolute Gasteiger partial charge is 0.461 e. The first-order valence-corrected chi connectivity index (χ1v) is 9.37. The number of aliphatic hydroxyl groups excluding tert-OH is 1. The van der Waals surface area contributed by atoms with Crippen LogP contribution in [0.15, 0.2) is 30.3 Å². The van der Waals surface area contributed by atoms with E-state index in [1.54, 1.807) is 45.0 Å². The number of esters is 1. The van der Waals surface area contributed by atoms with Crippen LogP contribution in [0.4, 0.5) is 4.79 Å². The van der Waals surface area contributed by atoms with Gasteiger partial charge in [-0.05, 0) is 26.3 Å². The number of rotatable bonds is 9. The molecule has 3 amide bonds. The van der Waals surface area contributed by atoms with Gasteiger partial charge in [-0.2, -0.15) is 0 Å². The lowest BCUT2D eigenvalue weighted by atomic mass is 10.1. The van der Waals surface area contributed by atoms with E-state index >= 15 is 0 Å². The second-order valence-electron chi connectivity index (χ2n) is 7.41. The van der Waals surface area contributed by atoms with Crippen molar-refractivity contribution in [2.75, 3.05) is 13.7 Å². The molecule has 0 radical (unpaired) electrons. The van der Waals surface area contributed by atoms with Gasteiger partial charge in [-0.1, -0.05) is 30.3 Å². The lowest BCUT2D eigenvalue weighted by Gasteiger charge is -2.24. The number of carbonyl (C=O) groups excluding carboxylic acids is 4. The van der Waals surface area contributed by atoms with E-state index in [2.05, 4.69) is 16.0 Å². The van der Waals surface area contributed by atoms with Crippen LogP contribution < -0.4 is 16.0 Å². The highest BCUT2D eigenvalue weighted by molar-refractivity contribution is 5.93. The van der Waals surface area contributed by atoms with Crippen molar-refractivity contribution in [3.8, 4) is 0 Å². The van der Waals surface area contributed by atoms with Crippen molar-refractivity contribution in [1.82, 2.24) is 16.0 Å². The van der Waals surface area contributed by atoms with Crippen LogP contribution in [0, 0.1) is 0 Å². The summed E-state index contributed by atoms with van der Waals surface area (Å²) in [5, 5.41) is 16.3.